The number of rotatable bonds is 2. The summed E-state index contributed by atoms with van der Waals surface area (Å²) in [4.78, 5) is 2.48. The Morgan fingerprint density at radius 3 is 2.69 bits per heavy atom. The van der Waals surface area contributed by atoms with Crippen LogP contribution < -0.4 is 0 Å². The molecule has 2 heterocycles. The fourth-order valence-electron chi connectivity index (χ4n) is 3.65. The van der Waals surface area contributed by atoms with E-state index in [1.165, 1.54) is 45.1 Å². The molecule has 0 aromatic heterocycles. The van der Waals surface area contributed by atoms with Crippen molar-refractivity contribution in [1.29, 1.82) is 0 Å². The largest absolute Gasteiger partial charge is 0.370 e. The summed E-state index contributed by atoms with van der Waals surface area (Å²) in [5, 5.41) is 0.377. The number of ether oxygens (including phenoxy) is 1. The lowest BCUT2D eigenvalue weighted by Crippen LogP contribution is -2.33. The summed E-state index contributed by atoms with van der Waals surface area (Å²) < 4.78 is 6.32. The minimum Gasteiger partial charge on any atom is -0.370 e. The SMILES string of the molecule is ClC1CCN(CC2CCC3(CCCC3)O2)C1. The van der Waals surface area contributed by atoms with E-state index in [-0.39, 0.29) is 0 Å². The van der Waals surface area contributed by atoms with E-state index in [1.807, 2.05) is 0 Å². The summed E-state index contributed by atoms with van der Waals surface area (Å²) in [6.45, 7) is 3.35. The summed E-state index contributed by atoms with van der Waals surface area (Å²) in [7, 11) is 0. The van der Waals surface area contributed by atoms with Crippen LogP contribution in [0.4, 0.5) is 0 Å². The first-order valence-corrected chi connectivity index (χ1v) is 7.24. The Bertz CT molecular complexity index is 252. The first-order valence-electron chi connectivity index (χ1n) is 6.80. The molecule has 0 aromatic carbocycles. The number of halogens is 1. The Balaban J connectivity index is 1.50. The van der Waals surface area contributed by atoms with Crippen LogP contribution >= 0.6 is 11.6 Å². The van der Waals surface area contributed by atoms with Crippen LogP contribution in [-0.4, -0.2) is 41.6 Å². The summed E-state index contributed by atoms with van der Waals surface area (Å²) in [6, 6.07) is 0. The quantitative estimate of drug-likeness (QED) is 0.692. The lowest BCUT2D eigenvalue weighted by atomic mass is 9.98. The summed E-state index contributed by atoms with van der Waals surface area (Å²) in [6.07, 6.45) is 9.57. The van der Waals surface area contributed by atoms with Gasteiger partial charge in [0.25, 0.3) is 0 Å². The van der Waals surface area contributed by atoms with Crippen LogP contribution in [0, 0.1) is 0 Å². The fourth-order valence-corrected chi connectivity index (χ4v) is 3.94. The van der Waals surface area contributed by atoms with Gasteiger partial charge in [0.1, 0.15) is 0 Å². The van der Waals surface area contributed by atoms with Crippen LogP contribution in [0.5, 0.6) is 0 Å². The average Bonchev–Trinajstić information content (AvgIpc) is 2.94. The molecule has 1 spiro atoms. The van der Waals surface area contributed by atoms with E-state index in [9.17, 15) is 0 Å². The van der Waals surface area contributed by atoms with Gasteiger partial charge in [-0.2, -0.15) is 0 Å². The van der Waals surface area contributed by atoms with Crippen molar-refractivity contribution >= 4 is 11.6 Å². The van der Waals surface area contributed by atoms with E-state index in [4.69, 9.17) is 16.3 Å². The van der Waals surface area contributed by atoms with Gasteiger partial charge in [0.05, 0.1) is 11.7 Å². The van der Waals surface area contributed by atoms with Gasteiger partial charge in [0.2, 0.25) is 0 Å². The normalized spacial score (nSPS) is 38.8. The van der Waals surface area contributed by atoms with Gasteiger partial charge in [0.15, 0.2) is 0 Å². The third kappa shape index (κ3) is 2.25. The highest BCUT2D eigenvalue weighted by Crippen LogP contribution is 2.43. The lowest BCUT2D eigenvalue weighted by Gasteiger charge is -2.26. The number of hydrogen-bond acceptors (Lipinski definition) is 2. The van der Waals surface area contributed by atoms with Gasteiger partial charge < -0.3 is 4.74 Å². The first kappa shape index (κ1) is 11.3. The van der Waals surface area contributed by atoms with Crippen LogP contribution in [-0.2, 0) is 4.74 Å². The molecule has 0 aromatic rings. The highest BCUT2D eigenvalue weighted by atomic mass is 35.5. The van der Waals surface area contributed by atoms with Crippen molar-refractivity contribution in [2.45, 2.75) is 62.0 Å². The van der Waals surface area contributed by atoms with Gasteiger partial charge in [0, 0.05) is 18.5 Å². The fraction of sp³-hybridized carbons (Fsp3) is 1.00. The van der Waals surface area contributed by atoms with Crippen LogP contribution in [0.25, 0.3) is 0 Å². The summed E-state index contributed by atoms with van der Waals surface area (Å²) in [5.74, 6) is 0. The predicted molar refractivity (Wildman–Crippen MR) is 66.0 cm³/mol. The molecule has 3 rings (SSSR count). The predicted octanol–water partition coefficient (Wildman–Crippen LogP) is 2.79. The summed E-state index contributed by atoms with van der Waals surface area (Å²) in [5.41, 5.74) is 0.296. The smallest absolute Gasteiger partial charge is 0.0710 e. The molecule has 1 aliphatic carbocycles. The van der Waals surface area contributed by atoms with E-state index in [0.717, 1.165) is 19.5 Å². The van der Waals surface area contributed by atoms with Gasteiger partial charge in [-0.3, -0.25) is 4.90 Å². The van der Waals surface area contributed by atoms with Crippen molar-refractivity contribution in [3.63, 3.8) is 0 Å². The van der Waals surface area contributed by atoms with Gasteiger partial charge in [-0.05, 0) is 38.6 Å². The van der Waals surface area contributed by atoms with Crippen LogP contribution in [0.2, 0.25) is 0 Å². The summed E-state index contributed by atoms with van der Waals surface area (Å²) >= 11 is 6.13. The second kappa shape index (κ2) is 4.47. The van der Waals surface area contributed by atoms with Crippen LogP contribution in [0.15, 0.2) is 0 Å². The Kier molecular flexibility index (Phi) is 3.16. The molecule has 2 saturated heterocycles. The van der Waals surface area contributed by atoms with Crippen LogP contribution in [0.1, 0.15) is 44.9 Å². The molecule has 2 aliphatic heterocycles. The third-order valence-electron chi connectivity index (χ3n) is 4.53. The molecule has 1 saturated carbocycles. The van der Waals surface area contributed by atoms with E-state index in [2.05, 4.69) is 4.90 Å². The van der Waals surface area contributed by atoms with Crippen molar-refractivity contribution in [1.82, 2.24) is 4.90 Å². The molecule has 0 N–H and O–H groups in total. The average molecular weight is 244 g/mol. The third-order valence-corrected chi connectivity index (χ3v) is 4.89. The maximum absolute atomic E-state index is 6.32. The van der Waals surface area contributed by atoms with E-state index in [1.54, 1.807) is 0 Å². The zero-order valence-electron chi connectivity index (χ0n) is 9.96. The van der Waals surface area contributed by atoms with Gasteiger partial charge in [-0.15, -0.1) is 11.6 Å². The maximum atomic E-state index is 6.32. The molecule has 3 heteroatoms. The van der Waals surface area contributed by atoms with E-state index >= 15 is 0 Å². The minimum atomic E-state index is 0.296. The molecule has 2 unspecified atom stereocenters. The molecule has 0 bridgehead atoms. The van der Waals surface area contributed by atoms with Crippen molar-refractivity contribution in [2.24, 2.45) is 0 Å². The standard InChI is InChI=1S/C13H22ClNO/c14-11-4-8-15(9-11)10-12-3-7-13(16-12)5-1-2-6-13/h11-12H,1-10H2. The number of alkyl halides is 1. The van der Waals surface area contributed by atoms with Gasteiger partial charge >= 0.3 is 0 Å². The van der Waals surface area contributed by atoms with Crippen molar-refractivity contribution in [3.05, 3.63) is 0 Å². The Labute approximate surface area is 103 Å². The second-order valence-electron chi connectivity index (χ2n) is 5.81. The van der Waals surface area contributed by atoms with Gasteiger partial charge in [-0.25, -0.2) is 0 Å². The number of hydrogen-bond donors (Lipinski definition) is 0. The molecule has 3 fully saturated rings. The second-order valence-corrected chi connectivity index (χ2v) is 6.43. The molecule has 3 aliphatic rings. The zero-order valence-corrected chi connectivity index (χ0v) is 10.7. The lowest BCUT2D eigenvalue weighted by molar-refractivity contribution is -0.0452. The topological polar surface area (TPSA) is 12.5 Å². The molecular formula is C13H22ClNO. The van der Waals surface area contributed by atoms with E-state index in [0.29, 0.717) is 17.1 Å². The zero-order chi connectivity index (χ0) is 11.0. The molecule has 2 atom stereocenters. The maximum Gasteiger partial charge on any atom is 0.0710 e. The molecule has 16 heavy (non-hydrogen) atoms. The monoisotopic (exact) mass is 243 g/mol. The Morgan fingerprint density at radius 1 is 1.19 bits per heavy atom. The highest BCUT2D eigenvalue weighted by molar-refractivity contribution is 6.20. The van der Waals surface area contributed by atoms with Crippen molar-refractivity contribution in [2.75, 3.05) is 19.6 Å². The number of nitrogens with zero attached hydrogens (tertiary/aromatic N) is 1. The number of likely N-dealkylation sites (tertiary alicyclic amines) is 1. The minimum absolute atomic E-state index is 0.296. The van der Waals surface area contributed by atoms with Crippen molar-refractivity contribution in [3.8, 4) is 0 Å². The highest BCUT2D eigenvalue weighted by Gasteiger charge is 2.42. The Morgan fingerprint density at radius 2 is 2.00 bits per heavy atom. The van der Waals surface area contributed by atoms with Gasteiger partial charge in [-0.1, -0.05) is 12.8 Å². The molecule has 0 amide bonds. The molecule has 0 radical (unpaired) electrons. The molecule has 2 nitrogen and oxygen atoms in total. The van der Waals surface area contributed by atoms with Crippen LogP contribution in [0.3, 0.4) is 0 Å². The van der Waals surface area contributed by atoms with E-state index < -0.39 is 0 Å². The van der Waals surface area contributed by atoms with Crippen molar-refractivity contribution < 1.29 is 4.74 Å². The first-order chi connectivity index (χ1) is 7.76. The molecule has 92 valence electrons. The molecular weight excluding hydrogens is 222 g/mol. The Hall–Kier alpha value is 0.210.